The molecule has 0 saturated heterocycles. The van der Waals surface area contributed by atoms with Crippen molar-refractivity contribution >= 4 is 12.6 Å². The molecule has 2 fully saturated rings. The quantitative estimate of drug-likeness (QED) is 0.561. The van der Waals surface area contributed by atoms with Crippen LogP contribution in [0.15, 0.2) is 0 Å². The third kappa shape index (κ3) is 2.43. The molecule has 2 rings (SSSR count). The molecule has 2 aliphatic carbocycles. The summed E-state index contributed by atoms with van der Waals surface area (Å²) in [6.07, 6.45) is 10.2. The molecule has 1 heteroatoms. The van der Waals surface area contributed by atoms with Crippen molar-refractivity contribution in [3.63, 3.8) is 0 Å². The molecule has 0 radical (unpaired) electrons. The summed E-state index contributed by atoms with van der Waals surface area (Å²) < 4.78 is 0. The van der Waals surface area contributed by atoms with Crippen LogP contribution < -0.4 is 0 Å². The summed E-state index contributed by atoms with van der Waals surface area (Å²) in [5.41, 5.74) is 0. The van der Waals surface area contributed by atoms with Crippen LogP contribution >= 0.6 is 12.6 Å². The first-order valence-corrected chi connectivity index (χ1v) is 6.45. The van der Waals surface area contributed by atoms with E-state index in [1.807, 2.05) is 0 Å². The molecule has 4 atom stereocenters. The molecule has 0 spiro atoms. The Morgan fingerprint density at radius 3 is 2.54 bits per heavy atom. The number of hydrogen-bond donors (Lipinski definition) is 1. The Bertz CT molecular complexity index is 165. The Balaban J connectivity index is 1.97. The molecule has 0 aliphatic heterocycles. The van der Waals surface area contributed by atoms with Gasteiger partial charge in [0, 0.05) is 5.25 Å². The summed E-state index contributed by atoms with van der Waals surface area (Å²) in [4.78, 5) is 0. The second-order valence-electron chi connectivity index (χ2n) is 5.26. The first-order valence-electron chi connectivity index (χ1n) is 5.93. The number of rotatable bonds is 0. The van der Waals surface area contributed by atoms with Crippen molar-refractivity contribution in [1.29, 1.82) is 0 Å². The monoisotopic (exact) mass is 198 g/mol. The van der Waals surface area contributed by atoms with E-state index in [0.717, 1.165) is 23.0 Å². The third-order valence-corrected chi connectivity index (χ3v) is 4.56. The summed E-state index contributed by atoms with van der Waals surface area (Å²) in [6, 6.07) is 0. The minimum Gasteiger partial charge on any atom is -0.176 e. The van der Waals surface area contributed by atoms with Crippen molar-refractivity contribution in [2.45, 2.75) is 57.1 Å². The van der Waals surface area contributed by atoms with Gasteiger partial charge in [0.15, 0.2) is 0 Å². The van der Waals surface area contributed by atoms with E-state index in [9.17, 15) is 0 Å². The molecular weight excluding hydrogens is 176 g/mol. The second-order valence-corrected chi connectivity index (χ2v) is 5.99. The van der Waals surface area contributed by atoms with Gasteiger partial charge in [-0.2, -0.15) is 12.6 Å². The van der Waals surface area contributed by atoms with Crippen LogP contribution in [0.5, 0.6) is 0 Å². The highest BCUT2D eigenvalue weighted by Crippen LogP contribution is 2.42. The largest absolute Gasteiger partial charge is 0.176 e. The first kappa shape index (κ1) is 9.89. The van der Waals surface area contributed by atoms with Crippen LogP contribution in [-0.4, -0.2) is 5.25 Å². The first-order chi connectivity index (χ1) is 6.25. The van der Waals surface area contributed by atoms with Crippen molar-refractivity contribution in [3.05, 3.63) is 0 Å². The minimum absolute atomic E-state index is 0.717. The van der Waals surface area contributed by atoms with Gasteiger partial charge < -0.3 is 0 Å². The lowest BCUT2D eigenvalue weighted by Crippen LogP contribution is -2.25. The van der Waals surface area contributed by atoms with Crippen LogP contribution in [0, 0.1) is 17.8 Å². The van der Waals surface area contributed by atoms with Crippen LogP contribution in [-0.2, 0) is 0 Å². The minimum atomic E-state index is 0.717. The zero-order valence-corrected chi connectivity index (χ0v) is 9.60. The van der Waals surface area contributed by atoms with Gasteiger partial charge in [0.05, 0.1) is 0 Å². The van der Waals surface area contributed by atoms with E-state index in [1.165, 1.54) is 44.9 Å². The van der Waals surface area contributed by atoms with Gasteiger partial charge in [-0.05, 0) is 43.4 Å². The zero-order chi connectivity index (χ0) is 9.26. The predicted octanol–water partition coefficient (Wildman–Crippen LogP) is 3.91. The Hall–Kier alpha value is 0.350. The molecule has 0 heterocycles. The zero-order valence-electron chi connectivity index (χ0n) is 8.71. The van der Waals surface area contributed by atoms with Crippen LogP contribution in [0.2, 0.25) is 0 Å². The highest BCUT2D eigenvalue weighted by Gasteiger charge is 2.31. The molecule has 2 saturated carbocycles. The molecule has 0 N–H and O–H groups in total. The maximum absolute atomic E-state index is 4.64. The summed E-state index contributed by atoms with van der Waals surface area (Å²) in [6.45, 7) is 2.44. The summed E-state index contributed by atoms with van der Waals surface area (Å²) >= 11 is 4.64. The Morgan fingerprint density at radius 1 is 0.923 bits per heavy atom. The van der Waals surface area contributed by atoms with Crippen molar-refractivity contribution in [1.82, 2.24) is 0 Å². The maximum atomic E-state index is 4.64. The number of hydrogen-bond acceptors (Lipinski definition) is 1. The van der Waals surface area contributed by atoms with E-state index in [1.54, 1.807) is 0 Å². The van der Waals surface area contributed by atoms with E-state index < -0.39 is 0 Å². The standard InChI is InChI=1S/C12H22S/c1-9-3-2-4-10-8-12(13)6-5-11(10)7-9/h9-13H,2-8H2,1H3/t9?,10-,11?,12?/m0/s1. The second kappa shape index (κ2) is 4.25. The smallest absolute Gasteiger partial charge is 0.00196 e. The van der Waals surface area contributed by atoms with E-state index in [2.05, 4.69) is 19.6 Å². The molecule has 0 aromatic heterocycles. The SMILES string of the molecule is CC1CCC[C@H]2CC(S)CCC2C1. The lowest BCUT2D eigenvalue weighted by Gasteiger charge is -2.33. The topological polar surface area (TPSA) is 0 Å². The van der Waals surface area contributed by atoms with E-state index in [4.69, 9.17) is 0 Å². The van der Waals surface area contributed by atoms with E-state index in [0.29, 0.717) is 0 Å². The van der Waals surface area contributed by atoms with Gasteiger partial charge in [-0.15, -0.1) is 0 Å². The van der Waals surface area contributed by atoms with Gasteiger partial charge in [-0.3, -0.25) is 0 Å². The van der Waals surface area contributed by atoms with Crippen molar-refractivity contribution in [2.24, 2.45) is 17.8 Å². The average molecular weight is 198 g/mol. The molecule has 13 heavy (non-hydrogen) atoms. The molecule has 2 aliphatic rings. The van der Waals surface area contributed by atoms with Crippen molar-refractivity contribution < 1.29 is 0 Å². The third-order valence-electron chi connectivity index (χ3n) is 4.09. The van der Waals surface area contributed by atoms with Crippen molar-refractivity contribution in [3.8, 4) is 0 Å². The van der Waals surface area contributed by atoms with Crippen LogP contribution in [0.1, 0.15) is 51.9 Å². The number of fused-ring (bicyclic) bond motifs is 1. The van der Waals surface area contributed by atoms with Gasteiger partial charge in [0.2, 0.25) is 0 Å². The highest BCUT2D eigenvalue weighted by molar-refractivity contribution is 7.80. The average Bonchev–Trinajstić information content (AvgIpc) is 2.25. The normalized spacial score (nSPS) is 46.6. The van der Waals surface area contributed by atoms with Crippen LogP contribution in [0.25, 0.3) is 0 Å². The fourth-order valence-electron chi connectivity index (χ4n) is 3.33. The Labute approximate surface area is 87.9 Å². The Morgan fingerprint density at radius 2 is 1.69 bits per heavy atom. The lowest BCUT2D eigenvalue weighted by atomic mass is 9.75. The van der Waals surface area contributed by atoms with Crippen LogP contribution in [0.4, 0.5) is 0 Å². The molecular formula is C12H22S. The van der Waals surface area contributed by atoms with Crippen LogP contribution in [0.3, 0.4) is 0 Å². The molecule has 0 bridgehead atoms. The molecule has 0 nitrogen and oxygen atoms in total. The summed E-state index contributed by atoms with van der Waals surface area (Å²) in [5, 5.41) is 0.717. The van der Waals surface area contributed by atoms with Gasteiger partial charge in [-0.25, -0.2) is 0 Å². The van der Waals surface area contributed by atoms with E-state index in [-0.39, 0.29) is 0 Å². The molecule has 3 unspecified atom stereocenters. The molecule has 76 valence electrons. The molecule has 0 aromatic rings. The predicted molar refractivity (Wildman–Crippen MR) is 61.2 cm³/mol. The molecule has 0 amide bonds. The fourth-order valence-corrected chi connectivity index (χ4v) is 3.75. The number of thiol groups is 1. The Kier molecular flexibility index (Phi) is 3.23. The van der Waals surface area contributed by atoms with Gasteiger partial charge in [-0.1, -0.05) is 26.2 Å². The van der Waals surface area contributed by atoms with E-state index >= 15 is 0 Å². The maximum Gasteiger partial charge on any atom is 0.00196 e. The van der Waals surface area contributed by atoms with Gasteiger partial charge in [0.1, 0.15) is 0 Å². The highest BCUT2D eigenvalue weighted by atomic mass is 32.1. The van der Waals surface area contributed by atoms with Gasteiger partial charge in [0.25, 0.3) is 0 Å². The summed E-state index contributed by atoms with van der Waals surface area (Å²) in [7, 11) is 0. The fraction of sp³-hybridized carbons (Fsp3) is 1.00. The van der Waals surface area contributed by atoms with Gasteiger partial charge >= 0.3 is 0 Å². The lowest BCUT2D eigenvalue weighted by molar-refractivity contribution is 0.218. The van der Waals surface area contributed by atoms with Crippen molar-refractivity contribution in [2.75, 3.05) is 0 Å². The summed E-state index contributed by atoms with van der Waals surface area (Å²) in [5.74, 6) is 3.08. The molecule has 0 aromatic carbocycles.